The summed E-state index contributed by atoms with van der Waals surface area (Å²) in [6, 6.07) is 3.60. The molecular formula is C12H14F3NO2. The molecule has 0 aromatic heterocycles. The Bertz CT molecular complexity index is 423. The van der Waals surface area contributed by atoms with E-state index in [1.54, 1.807) is 26.0 Å². The largest absolute Gasteiger partial charge is 0.480 e. The Morgan fingerprint density at radius 1 is 1.28 bits per heavy atom. The van der Waals surface area contributed by atoms with Gasteiger partial charge in [0, 0.05) is 0 Å². The smallest absolute Gasteiger partial charge is 0.401 e. The molecule has 2 N–H and O–H groups in total. The number of aryl methyl sites for hydroxylation is 2. The van der Waals surface area contributed by atoms with Crippen LogP contribution in [0.5, 0.6) is 0 Å². The van der Waals surface area contributed by atoms with Gasteiger partial charge in [0.1, 0.15) is 6.04 Å². The summed E-state index contributed by atoms with van der Waals surface area (Å²) < 4.78 is 36.3. The maximum absolute atomic E-state index is 12.1. The number of nitrogens with one attached hydrogen (secondary N) is 1. The Balaban J connectivity index is 2.94. The van der Waals surface area contributed by atoms with Gasteiger partial charge >= 0.3 is 12.1 Å². The highest BCUT2D eigenvalue weighted by Crippen LogP contribution is 2.20. The first-order chi connectivity index (χ1) is 8.19. The Hall–Kier alpha value is -1.56. The van der Waals surface area contributed by atoms with Crippen molar-refractivity contribution in [2.75, 3.05) is 6.54 Å². The van der Waals surface area contributed by atoms with Crippen molar-refractivity contribution >= 4 is 5.97 Å². The Labute approximate surface area is 103 Å². The van der Waals surface area contributed by atoms with E-state index in [2.05, 4.69) is 0 Å². The summed E-state index contributed by atoms with van der Waals surface area (Å²) in [5, 5.41) is 11.0. The van der Waals surface area contributed by atoms with Crippen LogP contribution in [0.2, 0.25) is 0 Å². The summed E-state index contributed by atoms with van der Waals surface area (Å²) in [7, 11) is 0. The van der Waals surface area contributed by atoms with Crippen LogP contribution in [-0.2, 0) is 4.79 Å². The molecule has 18 heavy (non-hydrogen) atoms. The standard InChI is InChI=1S/C12H14F3NO2/c1-7-3-8(2)5-9(4-7)10(11(17)18)16-6-12(13,14)15/h3-5,10,16H,6H2,1-2H3,(H,17,18). The highest BCUT2D eigenvalue weighted by molar-refractivity contribution is 5.75. The van der Waals surface area contributed by atoms with Crippen molar-refractivity contribution in [3.05, 3.63) is 34.9 Å². The fraction of sp³-hybridized carbons (Fsp3) is 0.417. The second-order valence-electron chi connectivity index (χ2n) is 4.19. The number of carboxylic acids is 1. The zero-order chi connectivity index (χ0) is 13.9. The summed E-state index contributed by atoms with van der Waals surface area (Å²) in [4.78, 5) is 11.0. The van der Waals surface area contributed by atoms with E-state index in [9.17, 15) is 18.0 Å². The van der Waals surface area contributed by atoms with Crippen LogP contribution in [0.15, 0.2) is 18.2 Å². The second kappa shape index (κ2) is 5.39. The number of carboxylic acid groups (broad SMARTS) is 1. The summed E-state index contributed by atoms with van der Waals surface area (Å²) in [6.07, 6.45) is -4.44. The third kappa shape index (κ3) is 4.37. The quantitative estimate of drug-likeness (QED) is 0.875. The number of hydrogen-bond donors (Lipinski definition) is 2. The fourth-order valence-electron chi connectivity index (χ4n) is 1.74. The molecule has 1 atom stereocenters. The third-order valence-corrected chi connectivity index (χ3v) is 2.33. The van der Waals surface area contributed by atoms with Crippen molar-refractivity contribution in [2.24, 2.45) is 0 Å². The van der Waals surface area contributed by atoms with E-state index in [0.717, 1.165) is 11.1 Å². The highest BCUT2D eigenvalue weighted by Gasteiger charge is 2.30. The first-order valence-corrected chi connectivity index (χ1v) is 5.30. The molecule has 0 aliphatic rings. The second-order valence-corrected chi connectivity index (χ2v) is 4.19. The van der Waals surface area contributed by atoms with Crippen molar-refractivity contribution in [3.63, 3.8) is 0 Å². The molecule has 1 unspecified atom stereocenters. The number of carbonyl (C=O) groups is 1. The van der Waals surface area contributed by atoms with Gasteiger partial charge in [-0.1, -0.05) is 29.3 Å². The first kappa shape index (κ1) is 14.5. The van der Waals surface area contributed by atoms with Crippen LogP contribution in [0.4, 0.5) is 13.2 Å². The molecule has 0 aliphatic heterocycles. The number of halogens is 3. The van der Waals surface area contributed by atoms with Gasteiger partial charge in [0.25, 0.3) is 0 Å². The molecule has 0 aliphatic carbocycles. The molecule has 3 nitrogen and oxygen atoms in total. The maximum Gasteiger partial charge on any atom is 0.401 e. The molecule has 0 amide bonds. The average molecular weight is 261 g/mol. The lowest BCUT2D eigenvalue weighted by molar-refractivity contribution is -0.143. The third-order valence-electron chi connectivity index (χ3n) is 2.33. The summed E-state index contributed by atoms with van der Waals surface area (Å²) in [5.41, 5.74) is 1.94. The van der Waals surface area contributed by atoms with E-state index >= 15 is 0 Å². The number of benzene rings is 1. The van der Waals surface area contributed by atoms with E-state index in [1.165, 1.54) is 0 Å². The lowest BCUT2D eigenvalue weighted by Gasteiger charge is -2.17. The first-order valence-electron chi connectivity index (χ1n) is 5.30. The van der Waals surface area contributed by atoms with E-state index in [0.29, 0.717) is 5.56 Å². The molecule has 0 spiro atoms. The highest BCUT2D eigenvalue weighted by atomic mass is 19.4. The molecule has 1 aromatic rings. The molecule has 0 bridgehead atoms. The minimum Gasteiger partial charge on any atom is -0.480 e. The van der Waals surface area contributed by atoms with Crippen molar-refractivity contribution < 1.29 is 23.1 Å². The van der Waals surface area contributed by atoms with Gasteiger partial charge in [0.05, 0.1) is 6.54 Å². The fourth-order valence-corrected chi connectivity index (χ4v) is 1.74. The van der Waals surface area contributed by atoms with Gasteiger partial charge in [0.15, 0.2) is 0 Å². The van der Waals surface area contributed by atoms with Gasteiger partial charge in [0.2, 0.25) is 0 Å². The van der Waals surface area contributed by atoms with Crippen LogP contribution in [0.25, 0.3) is 0 Å². The van der Waals surface area contributed by atoms with Gasteiger partial charge in [-0.3, -0.25) is 10.1 Å². The van der Waals surface area contributed by atoms with Crippen LogP contribution in [-0.4, -0.2) is 23.8 Å². The minimum absolute atomic E-state index is 0.323. The number of aliphatic carboxylic acids is 1. The summed E-state index contributed by atoms with van der Waals surface area (Å²) in [5.74, 6) is -1.33. The minimum atomic E-state index is -4.44. The lowest BCUT2D eigenvalue weighted by atomic mass is 10.0. The number of alkyl halides is 3. The topological polar surface area (TPSA) is 49.3 Å². The number of hydrogen-bond acceptors (Lipinski definition) is 2. The van der Waals surface area contributed by atoms with Crippen LogP contribution in [0, 0.1) is 13.8 Å². The molecule has 0 heterocycles. The average Bonchev–Trinajstić information content (AvgIpc) is 2.13. The van der Waals surface area contributed by atoms with Crippen molar-refractivity contribution in [2.45, 2.75) is 26.1 Å². The molecule has 1 rings (SSSR count). The normalized spacial score (nSPS) is 13.4. The van der Waals surface area contributed by atoms with Crippen LogP contribution >= 0.6 is 0 Å². The number of rotatable bonds is 4. The van der Waals surface area contributed by atoms with E-state index in [4.69, 9.17) is 5.11 Å². The van der Waals surface area contributed by atoms with Crippen LogP contribution in [0.1, 0.15) is 22.7 Å². The maximum atomic E-state index is 12.1. The predicted molar refractivity (Wildman–Crippen MR) is 60.4 cm³/mol. The molecular weight excluding hydrogens is 247 g/mol. The van der Waals surface area contributed by atoms with Crippen molar-refractivity contribution in [1.29, 1.82) is 0 Å². The van der Waals surface area contributed by atoms with Crippen LogP contribution < -0.4 is 5.32 Å². The summed E-state index contributed by atoms with van der Waals surface area (Å²) in [6.45, 7) is 2.19. The molecule has 0 radical (unpaired) electrons. The van der Waals surface area contributed by atoms with E-state index in [1.807, 2.05) is 11.4 Å². The summed E-state index contributed by atoms with van der Waals surface area (Å²) >= 11 is 0. The molecule has 0 saturated carbocycles. The molecule has 0 saturated heterocycles. The van der Waals surface area contributed by atoms with Gasteiger partial charge in [-0.05, 0) is 19.4 Å². The SMILES string of the molecule is Cc1cc(C)cc(C(NCC(F)(F)F)C(=O)O)c1. The molecule has 6 heteroatoms. The molecule has 0 fully saturated rings. The lowest BCUT2D eigenvalue weighted by Crippen LogP contribution is -2.36. The van der Waals surface area contributed by atoms with E-state index in [-0.39, 0.29) is 0 Å². The Morgan fingerprint density at radius 3 is 2.17 bits per heavy atom. The van der Waals surface area contributed by atoms with Crippen molar-refractivity contribution in [1.82, 2.24) is 5.32 Å². The molecule has 100 valence electrons. The monoisotopic (exact) mass is 261 g/mol. The van der Waals surface area contributed by atoms with Gasteiger partial charge < -0.3 is 5.11 Å². The Kier molecular flexibility index (Phi) is 4.34. The molecule has 1 aromatic carbocycles. The zero-order valence-electron chi connectivity index (χ0n) is 10.0. The van der Waals surface area contributed by atoms with Crippen molar-refractivity contribution in [3.8, 4) is 0 Å². The van der Waals surface area contributed by atoms with Gasteiger partial charge in [-0.15, -0.1) is 0 Å². The van der Waals surface area contributed by atoms with Crippen LogP contribution in [0.3, 0.4) is 0 Å². The van der Waals surface area contributed by atoms with E-state index < -0.39 is 24.7 Å². The Morgan fingerprint density at radius 2 is 1.78 bits per heavy atom. The predicted octanol–water partition coefficient (Wildman–Crippen LogP) is 2.58. The van der Waals surface area contributed by atoms with Gasteiger partial charge in [-0.2, -0.15) is 13.2 Å². The zero-order valence-corrected chi connectivity index (χ0v) is 10.0. The van der Waals surface area contributed by atoms with Gasteiger partial charge in [-0.25, -0.2) is 0 Å².